The second kappa shape index (κ2) is 5.57. The summed E-state index contributed by atoms with van der Waals surface area (Å²) in [5, 5.41) is 11.1. The first-order chi connectivity index (χ1) is 8.64. The SMILES string of the molecule is CC(C)(C)C(NC(=O)c1cccc(F)c1Cl)C(=O)O. The van der Waals surface area contributed by atoms with E-state index in [2.05, 4.69) is 5.32 Å². The lowest BCUT2D eigenvalue weighted by Gasteiger charge is -2.27. The van der Waals surface area contributed by atoms with Gasteiger partial charge in [-0.25, -0.2) is 9.18 Å². The van der Waals surface area contributed by atoms with E-state index in [0.29, 0.717) is 0 Å². The third kappa shape index (κ3) is 3.67. The van der Waals surface area contributed by atoms with Crippen LogP contribution in [-0.4, -0.2) is 23.0 Å². The summed E-state index contributed by atoms with van der Waals surface area (Å²) in [6, 6.07) is 2.70. The van der Waals surface area contributed by atoms with E-state index in [0.717, 1.165) is 6.07 Å². The fraction of sp³-hybridized carbons (Fsp3) is 0.385. The number of aliphatic carboxylic acids is 1. The Kier molecular flexibility index (Phi) is 4.52. The number of nitrogens with one attached hydrogen (secondary N) is 1. The summed E-state index contributed by atoms with van der Waals surface area (Å²) in [6.45, 7) is 5.04. The molecular formula is C13H15ClFNO3. The van der Waals surface area contributed by atoms with Gasteiger partial charge in [-0.1, -0.05) is 38.4 Å². The Morgan fingerprint density at radius 2 is 1.95 bits per heavy atom. The minimum absolute atomic E-state index is 0.0860. The molecule has 0 heterocycles. The lowest BCUT2D eigenvalue weighted by atomic mass is 9.86. The van der Waals surface area contributed by atoms with E-state index in [-0.39, 0.29) is 10.6 Å². The number of halogens is 2. The molecule has 0 aliphatic heterocycles. The second-order valence-electron chi connectivity index (χ2n) is 5.21. The minimum Gasteiger partial charge on any atom is -0.480 e. The molecule has 0 aliphatic carbocycles. The van der Waals surface area contributed by atoms with Crippen LogP contribution >= 0.6 is 11.6 Å². The number of carbonyl (C=O) groups is 2. The van der Waals surface area contributed by atoms with Crippen molar-refractivity contribution in [2.75, 3.05) is 0 Å². The van der Waals surface area contributed by atoms with Crippen LogP contribution in [-0.2, 0) is 4.79 Å². The summed E-state index contributed by atoms with van der Waals surface area (Å²) in [5.74, 6) is -2.60. The first-order valence-corrected chi connectivity index (χ1v) is 6.00. The zero-order valence-electron chi connectivity index (χ0n) is 10.8. The highest BCUT2D eigenvalue weighted by Crippen LogP contribution is 2.22. The first kappa shape index (κ1) is 15.4. The summed E-state index contributed by atoms with van der Waals surface area (Å²) >= 11 is 5.68. The van der Waals surface area contributed by atoms with Gasteiger partial charge in [-0.3, -0.25) is 4.79 Å². The average Bonchev–Trinajstić information content (AvgIpc) is 2.27. The van der Waals surface area contributed by atoms with Gasteiger partial charge in [0.1, 0.15) is 11.9 Å². The molecule has 2 N–H and O–H groups in total. The van der Waals surface area contributed by atoms with Crippen molar-refractivity contribution in [1.29, 1.82) is 0 Å². The molecule has 104 valence electrons. The number of hydrogen-bond acceptors (Lipinski definition) is 2. The third-order valence-corrected chi connectivity index (χ3v) is 2.97. The average molecular weight is 288 g/mol. The van der Waals surface area contributed by atoms with Gasteiger partial charge in [0.25, 0.3) is 5.91 Å². The lowest BCUT2D eigenvalue weighted by Crippen LogP contribution is -2.49. The van der Waals surface area contributed by atoms with Crippen molar-refractivity contribution >= 4 is 23.5 Å². The van der Waals surface area contributed by atoms with Gasteiger partial charge >= 0.3 is 5.97 Å². The van der Waals surface area contributed by atoms with Gasteiger partial charge < -0.3 is 10.4 Å². The van der Waals surface area contributed by atoms with Gasteiger partial charge in [0, 0.05) is 0 Å². The Hall–Kier alpha value is -1.62. The van der Waals surface area contributed by atoms with Crippen LogP contribution in [0.2, 0.25) is 5.02 Å². The highest BCUT2D eigenvalue weighted by Gasteiger charge is 2.33. The monoisotopic (exact) mass is 287 g/mol. The maximum Gasteiger partial charge on any atom is 0.326 e. The molecule has 1 atom stereocenters. The molecule has 0 spiro atoms. The second-order valence-corrected chi connectivity index (χ2v) is 5.59. The Morgan fingerprint density at radius 3 is 2.42 bits per heavy atom. The predicted octanol–water partition coefficient (Wildman–Crippen LogP) is 2.71. The van der Waals surface area contributed by atoms with Gasteiger partial charge in [-0.05, 0) is 17.5 Å². The van der Waals surface area contributed by atoms with Crippen molar-refractivity contribution in [2.24, 2.45) is 5.41 Å². The van der Waals surface area contributed by atoms with Gasteiger partial charge in [0.15, 0.2) is 0 Å². The molecule has 6 heteroatoms. The molecule has 0 saturated heterocycles. The number of benzene rings is 1. The Balaban J connectivity index is 3.02. The molecule has 1 rings (SSSR count). The number of amides is 1. The van der Waals surface area contributed by atoms with Gasteiger partial charge in [-0.15, -0.1) is 0 Å². The molecule has 0 fully saturated rings. The van der Waals surface area contributed by atoms with Gasteiger partial charge in [0.05, 0.1) is 10.6 Å². The highest BCUT2D eigenvalue weighted by molar-refractivity contribution is 6.34. The summed E-state index contributed by atoms with van der Waals surface area (Å²) < 4.78 is 13.2. The molecule has 1 unspecified atom stereocenters. The summed E-state index contributed by atoms with van der Waals surface area (Å²) in [4.78, 5) is 23.1. The lowest BCUT2D eigenvalue weighted by molar-refractivity contribution is -0.142. The van der Waals surface area contributed by atoms with Gasteiger partial charge in [0.2, 0.25) is 0 Å². The number of carboxylic acid groups (broad SMARTS) is 1. The number of carbonyl (C=O) groups excluding carboxylic acids is 1. The van der Waals surface area contributed by atoms with Crippen LogP contribution in [0.3, 0.4) is 0 Å². The fourth-order valence-electron chi connectivity index (χ4n) is 1.54. The normalized spacial score (nSPS) is 12.9. The predicted molar refractivity (Wildman–Crippen MR) is 69.8 cm³/mol. The van der Waals surface area contributed by atoms with Crippen molar-refractivity contribution in [3.05, 3.63) is 34.6 Å². The maximum atomic E-state index is 13.2. The maximum absolute atomic E-state index is 13.2. The number of rotatable bonds is 3. The Labute approximate surface area is 115 Å². The van der Waals surface area contributed by atoms with E-state index < -0.39 is 29.2 Å². The van der Waals surface area contributed by atoms with Crippen LogP contribution in [0.4, 0.5) is 4.39 Å². The molecule has 1 aromatic carbocycles. The van der Waals surface area contributed by atoms with Crippen molar-refractivity contribution in [2.45, 2.75) is 26.8 Å². The van der Waals surface area contributed by atoms with Crippen LogP contribution in [0.15, 0.2) is 18.2 Å². The van der Waals surface area contributed by atoms with E-state index >= 15 is 0 Å². The van der Waals surface area contributed by atoms with Crippen LogP contribution in [0.1, 0.15) is 31.1 Å². The third-order valence-electron chi connectivity index (χ3n) is 2.58. The molecule has 0 saturated carbocycles. The fourth-order valence-corrected chi connectivity index (χ4v) is 1.75. The van der Waals surface area contributed by atoms with Crippen molar-refractivity contribution in [3.8, 4) is 0 Å². The van der Waals surface area contributed by atoms with E-state index in [4.69, 9.17) is 16.7 Å². The summed E-state index contributed by atoms with van der Waals surface area (Å²) in [7, 11) is 0. The molecule has 1 aromatic rings. The summed E-state index contributed by atoms with van der Waals surface area (Å²) in [5.41, 5.74) is -0.765. The molecular weight excluding hydrogens is 273 g/mol. The molecule has 0 aliphatic rings. The van der Waals surface area contributed by atoms with Crippen LogP contribution in [0.25, 0.3) is 0 Å². The smallest absolute Gasteiger partial charge is 0.326 e. The van der Waals surface area contributed by atoms with Gasteiger partial charge in [-0.2, -0.15) is 0 Å². The number of hydrogen-bond donors (Lipinski definition) is 2. The topological polar surface area (TPSA) is 66.4 Å². The Bertz CT molecular complexity index is 511. The minimum atomic E-state index is -1.16. The molecule has 4 nitrogen and oxygen atoms in total. The van der Waals surface area contributed by atoms with E-state index in [1.807, 2.05) is 0 Å². The first-order valence-electron chi connectivity index (χ1n) is 5.62. The molecule has 0 radical (unpaired) electrons. The number of carboxylic acids is 1. The summed E-state index contributed by atoms with van der Waals surface area (Å²) in [6.07, 6.45) is 0. The van der Waals surface area contributed by atoms with E-state index in [1.54, 1.807) is 20.8 Å². The van der Waals surface area contributed by atoms with Crippen LogP contribution in [0.5, 0.6) is 0 Å². The van der Waals surface area contributed by atoms with E-state index in [9.17, 15) is 14.0 Å². The quantitative estimate of drug-likeness (QED) is 0.898. The Morgan fingerprint density at radius 1 is 1.37 bits per heavy atom. The zero-order chi connectivity index (χ0) is 14.8. The van der Waals surface area contributed by atoms with Crippen molar-refractivity contribution in [3.63, 3.8) is 0 Å². The van der Waals surface area contributed by atoms with Crippen LogP contribution in [0, 0.1) is 11.2 Å². The zero-order valence-corrected chi connectivity index (χ0v) is 11.6. The molecule has 0 bridgehead atoms. The van der Waals surface area contributed by atoms with Crippen molar-refractivity contribution in [1.82, 2.24) is 5.32 Å². The largest absolute Gasteiger partial charge is 0.480 e. The standard InChI is InChI=1S/C13H15ClFNO3/c1-13(2,3)10(12(18)19)16-11(17)7-5-4-6-8(15)9(7)14/h4-6,10H,1-3H3,(H,16,17)(H,18,19). The molecule has 0 aromatic heterocycles. The van der Waals surface area contributed by atoms with Crippen LogP contribution < -0.4 is 5.32 Å². The molecule has 19 heavy (non-hydrogen) atoms. The van der Waals surface area contributed by atoms with Crippen molar-refractivity contribution < 1.29 is 19.1 Å². The van der Waals surface area contributed by atoms with E-state index in [1.165, 1.54) is 12.1 Å². The molecule has 1 amide bonds. The highest BCUT2D eigenvalue weighted by atomic mass is 35.5.